The van der Waals surface area contributed by atoms with Crippen LogP contribution >= 0.6 is 0 Å². The Labute approximate surface area is 119 Å². The van der Waals surface area contributed by atoms with Gasteiger partial charge in [0.15, 0.2) is 0 Å². The van der Waals surface area contributed by atoms with Gasteiger partial charge in [0.25, 0.3) is 0 Å². The number of hydrogen-bond donors (Lipinski definition) is 4. The van der Waals surface area contributed by atoms with E-state index in [1.807, 2.05) is 24.3 Å². The number of aliphatic hydroxyl groups excluding tert-OH is 1. The molecule has 1 aliphatic heterocycles. The van der Waals surface area contributed by atoms with Gasteiger partial charge in [0, 0.05) is 6.20 Å². The molecule has 0 spiro atoms. The van der Waals surface area contributed by atoms with Crippen LogP contribution in [-0.4, -0.2) is 37.7 Å². The highest BCUT2D eigenvalue weighted by Gasteiger charge is 2.31. The minimum absolute atomic E-state index is 0.125. The minimum atomic E-state index is 0.125. The maximum Gasteiger partial charge on any atom is 0.145 e. The maximum absolute atomic E-state index is 10.2. The van der Waals surface area contributed by atoms with Gasteiger partial charge in [-0.25, -0.2) is 4.98 Å². The lowest BCUT2D eigenvalue weighted by Gasteiger charge is -2.15. The zero-order valence-corrected chi connectivity index (χ0v) is 11.0. The summed E-state index contributed by atoms with van der Waals surface area (Å²) in [5, 5.41) is 25.1. The Morgan fingerprint density at radius 2 is 2.14 bits per heavy atom. The van der Waals surface area contributed by atoms with Gasteiger partial charge in [-0.3, -0.25) is 10.5 Å². The summed E-state index contributed by atoms with van der Waals surface area (Å²) >= 11 is 0. The molecule has 0 fully saturated rings. The van der Waals surface area contributed by atoms with E-state index in [2.05, 4.69) is 20.2 Å². The molecule has 0 aliphatic carbocycles. The normalized spacial score (nSPS) is 15.4. The maximum atomic E-state index is 10.2. The fourth-order valence-corrected chi connectivity index (χ4v) is 2.51. The van der Waals surface area contributed by atoms with Crippen LogP contribution in [0.25, 0.3) is 16.6 Å². The van der Waals surface area contributed by atoms with Crippen molar-refractivity contribution in [1.82, 2.24) is 20.2 Å². The number of nitrogens with one attached hydrogen (secondary N) is 3. The van der Waals surface area contributed by atoms with Crippen LogP contribution in [0, 0.1) is 5.41 Å². The zero-order chi connectivity index (χ0) is 14.4. The number of anilines is 1. The minimum Gasteiger partial charge on any atom is -0.509 e. The molecule has 0 radical (unpaired) electrons. The number of benzene rings is 1. The lowest BCUT2D eigenvalue weighted by molar-refractivity contribution is 0.411. The van der Waals surface area contributed by atoms with Crippen LogP contribution in [0.5, 0.6) is 0 Å². The standard InChI is InChI=1S/C14H12N6O/c15-13-12(11(21)7-20(13)8-5-16-17-6-8)14-18-9-3-1-2-4-10(9)19-14/h1-6,15,21H,7H2,(H,16,17)(H,18,19). The van der Waals surface area contributed by atoms with E-state index in [-0.39, 0.29) is 18.1 Å². The van der Waals surface area contributed by atoms with Crippen LogP contribution in [0.15, 0.2) is 42.4 Å². The fraction of sp³-hybridized carbons (Fsp3) is 0.0714. The number of aromatic amines is 2. The molecule has 4 N–H and O–H groups in total. The number of fused-ring (bicyclic) bond motifs is 1. The van der Waals surface area contributed by atoms with Gasteiger partial charge < -0.3 is 15.0 Å². The van der Waals surface area contributed by atoms with Crippen molar-refractivity contribution in [2.45, 2.75) is 0 Å². The van der Waals surface area contributed by atoms with E-state index in [0.29, 0.717) is 11.4 Å². The summed E-state index contributed by atoms with van der Waals surface area (Å²) in [6.07, 6.45) is 3.30. The number of rotatable bonds is 2. The first-order valence-electron chi connectivity index (χ1n) is 6.46. The third kappa shape index (κ3) is 1.71. The number of hydrogen-bond acceptors (Lipinski definition) is 4. The molecule has 0 saturated carbocycles. The molecule has 0 bridgehead atoms. The first-order valence-corrected chi connectivity index (χ1v) is 6.46. The number of para-hydroxylation sites is 2. The number of H-pyrrole nitrogens is 2. The summed E-state index contributed by atoms with van der Waals surface area (Å²) in [4.78, 5) is 9.26. The number of imidazole rings is 1. The van der Waals surface area contributed by atoms with E-state index in [9.17, 15) is 5.11 Å². The number of aliphatic hydroxyl groups is 1. The second-order valence-corrected chi connectivity index (χ2v) is 4.82. The molecule has 1 aromatic carbocycles. The Morgan fingerprint density at radius 3 is 2.90 bits per heavy atom. The molecular formula is C14H12N6O. The molecule has 21 heavy (non-hydrogen) atoms. The Balaban J connectivity index is 1.77. The van der Waals surface area contributed by atoms with Crippen LogP contribution < -0.4 is 4.90 Å². The molecule has 2 aromatic heterocycles. The van der Waals surface area contributed by atoms with E-state index in [1.54, 1.807) is 17.3 Å². The molecule has 0 amide bonds. The van der Waals surface area contributed by atoms with Crippen LogP contribution in [-0.2, 0) is 0 Å². The molecule has 0 unspecified atom stereocenters. The second-order valence-electron chi connectivity index (χ2n) is 4.82. The molecule has 7 heteroatoms. The SMILES string of the molecule is N=C1C(c2nc3ccccc3[nH]2)=C(O)CN1c1cn[nH]c1. The summed E-state index contributed by atoms with van der Waals surface area (Å²) in [6, 6.07) is 7.62. The molecule has 3 heterocycles. The van der Waals surface area contributed by atoms with Gasteiger partial charge in [0.2, 0.25) is 0 Å². The Morgan fingerprint density at radius 1 is 1.29 bits per heavy atom. The zero-order valence-electron chi connectivity index (χ0n) is 11.0. The van der Waals surface area contributed by atoms with Crippen LogP contribution in [0.4, 0.5) is 5.69 Å². The third-order valence-electron chi connectivity index (χ3n) is 3.52. The lowest BCUT2D eigenvalue weighted by Crippen LogP contribution is -2.25. The largest absolute Gasteiger partial charge is 0.509 e. The average Bonchev–Trinajstić information content (AvgIpc) is 3.17. The Kier molecular flexibility index (Phi) is 2.34. The van der Waals surface area contributed by atoms with Crippen molar-refractivity contribution in [2.75, 3.05) is 11.4 Å². The number of nitrogens with zero attached hydrogens (tertiary/aromatic N) is 3. The molecular weight excluding hydrogens is 268 g/mol. The Bertz CT molecular complexity index is 828. The smallest absolute Gasteiger partial charge is 0.145 e. The van der Waals surface area contributed by atoms with Crippen molar-refractivity contribution in [2.24, 2.45) is 0 Å². The molecule has 3 aromatic rings. The predicted octanol–water partition coefficient (Wildman–Crippen LogP) is 2.05. The van der Waals surface area contributed by atoms with Crippen LogP contribution in [0.3, 0.4) is 0 Å². The van der Waals surface area contributed by atoms with Crippen molar-refractivity contribution in [3.63, 3.8) is 0 Å². The summed E-state index contributed by atoms with van der Waals surface area (Å²) in [6.45, 7) is 0.241. The van der Waals surface area contributed by atoms with Gasteiger partial charge in [0.1, 0.15) is 17.4 Å². The molecule has 0 saturated heterocycles. The first-order chi connectivity index (χ1) is 10.2. The topological polar surface area (TPSA) is 105 Å². The van der Waals surface area contributed by atoms with E-state index in [4.69, 9.17) is 5.41 Å². The van der Waals surface area contributed by atoms with Crippen molar-refractivity contribution in [3.8, 4) is 0 Å². The quantitative estimate of drug-likeness (QED) is 0.576. The summed E-state index contributed by atoms with van der Waals surface area (Å²) in [5.74, 6) is 0.831. The Hall–Kier alpha value is -3.09. The monoisotopic (exact) mass is 280 g/mol. The van der Waals surface area contributed by atoms with E-state index >= 15 is 0 Å². The van der Waals surface area contributed by atoms with Crippen molar-refractivity contribution in [3.05, 3.63) is 48.2 Å². The lowest BCUT2D eigenvalue weighted by atomic mass is 10.2. The first kappa shape index (κ1) is 11.7. The average molecular weight is 280 g/mol. The molecule has 0 atom stereocenters. The van der Waals surface area contributed by atoms with Crippen molar-refractivity contribution >= 4 is 28.1 Å². The molecule has 7 nitrogen and oxygen atoms in total. The molecule has 104 valence electrons. The van der Waals surface area contributed by atoms with Gasteiger partial charge in [-0.1, -0.05) is 12.1 Å². The highest BCUT2D eigenvalue weighted by Crippen LogP contribution is 2.30. The summed E-state index contributed by atoms with van der Waals surface area (Å²) < 4.78 is 0. The second kappa shape index (κ2) is 4.20. The van der Waals surface area contributed by atoms with E-state index in [0.717, 1.165) is 16.7 Å². The molecule has 1 aliphatic rings. The predicted molar refractivity (Wildman–Crippen MR) is 79.3 cm³/mol. The highest BCUT2D eigenvalue weighted by molar-refractivity contribution is 6.30. The van der Waals surface area contributed by atoms with Crippen LogP contribution in [0.2, 0.25) is 0 Å². The van der Waals surface area contributed by atoms with Gasteiger partial charge in [-0.15, -0.1) is 0 Å². The number of aromatic nitrogens is 4. The summed E-state index contributed by atoms with van der Waals surface area (Å²) in [5.41, 5.74) is 2.84. The van der Waals surface area contributed by atoms with Crippen molar-refractivity contribution in [1.29, 1.82) is 5.41 Å². The highest BCUT2D eigenvalue weighted by atomic mass is 16.3. The number of amidine groups is 1. The van der Waals surface area contributed by atoms with E-state index < -0.39 is 0 Å². The van der Waals surface area contributed by atoms with Crippen LogP contribution in [0.1, 0.15) is 5.82 Å². The summed E-state index contributed by atoms with van der Waals surface area (Å²) in [7, 11) is 0. The van der Waals surface area contributed by atoms with Gasteiger partial charge >= 0.3 is 0 Å². The van der Waals surface area contributed by atoms with Gasteiger partial charge in [-0.2, -0.15) is 5.10 Å². The molecule has 4 rings (SSSR count). The van der Waals surface area contributed by atoms with Gasteiger partial charge in [0.05, 0.1) is 35.0 Å². The van der Waals surface area contributed by atoms with E-state index in [1.165, 1.54) is 0 Å². The van der Waals surface area contributed by atoms with Crippen molar-refractivity contribution < 1.29 is 5.11 Å². The third-order valence-corrected chi connectivity index (χ3v) is 3.52. The van der Waals surface area contributed by atoms with Gasteiger partial charge in [-0.05, 0) is 12.1 Å². The fourth-order valence-electron chi connectivity index (χ4n) is 2.51.